The van der Waals surface area contributed by atoms with Crippen molar-refractivity contribution in [2.45, 2.75) is 0 Å². The monoisotopic (exact) mass is 161 g/mol. The van der Waals surface area contributed by atoms with Gasteiger partial charge in [0.15, 0.2) is 0 Å². The Morgan fingerprint density at radius 3 is 2.33 bits per heavy atom. The smallest absolute Gasteiger partial charge is 0.0986 e. The molecule has 0 unspecified atom stereocenters. The Morgan fingerprint density at radius 2 is 2.08 bits per heavy atom. The van der Waals surface area contributed by atoms with Crippen LogP contribution >= 0.6 is 0 Å². The number of aromatic nitrogens is 3. The Hall–Kier alpha value is -1.77. The van der Waals surface area contributed by atoms with Crippen molar-refractivity contribution in [3.05, 3.63) is 49.8 Å². The third kappa shape index (κ3) is 2.88. The lowest BCUT2D eigenvalue weighted by Gasteiger charge is -1.80. The highest BCUT2D eigenvalue weighted by Gasteiger charge is 1.73. The van der Waals surface area contributed by atoms with Crippen LogP contribution in [0.1, 0.15) is 0 Å². The Kier molecular flexibility index (Phi) is 3.44. The second-order valence-electron chi connectivity index (χ2n) is 2.08. The van der Waals surface area contributed by atoms with E-state index in [4.69, 9.17) is 0 Å². The van der Waals surface area contributed by atoms with Gasteiger partial charge in [-0.15, -0.1) is 0 Å². The van der Waals surface area contributed by atoms with Crippen LogP contribution in [0.15, 0.2) is 49.8 Å². The van der Waals surface area contributed by atoms with Crippen LogP contribution in [0.3, 0.4) is 0 Å². The predicted molar refractivity (Wildman–Crippen MR) is 49.4 cm³/mol. The molecule has 12 heavy (non-hydrogen) atoms. The molecule has 0 aromatic carbocycles. The van der Waals surface area contributed by atoms with E-state index in [1.807, 2.05) is 30.7 Å². The molecule has 0 bridgehead atoms. The first-order valence-corrected chi connectivity index (χ1v) is 3.61. The normalized spacial score (nSPS) is 8.33. The van der Waals surface area contributed by atoms with Gasteiger partial charge in [-0.3, -0.25) is 0 Å². The van der Waals surface area contributed by atoms with Gasteiger partial charge in [-0.2, -0.15) is 0 Å². The van der Waals surface area contributed by atoms with Crippen molar-refractivity contribution in [3.8, 4) is 0 Å². The molecule has 62 valence electrons. The third-order valence-corrected chi connectivity index (χ3v) is 1.23. The maximum Gasteiger partial charge on any atom is 0.0986 e. The zero-order chi connectivity index (χ0) is 8.65. The summed E-state index contributed by atoms with van der Waals surface area (Å²) in [7, 11) is 0. The van der Waals surface area contributed by atoms with Crippen molar-refractivity contribution >= 4 is 6.20 Å². The van der Waals surface area contributed by atoms with Crippen molar-refractivity contribution in [2.75, 3.05) is 0 Å². The van der Waals surface area contributed by atoms with E-state index in [-0.39, 0.29) is 0 Å². The first kappa shape index (κ1) is 8.33. The summed E-state index contributed by atoms with van der Waals surface area (Å²) < 4.78 is 1.78. The zero-order valence-corrected chi connectivity index (χ0v) is 6.72. The molecular formula is C9H11N3. The van der Waals surface area contributed by atoms with Gasteiger partial charge in [0.1, 0.15) is 0 Å². The molecule has 0 saturated heterocycles. The van der Waals surface area contributed by atoms with Gasteiger partial charge in [0.05, 0.1) is 6.33 Å². The summed E-state index contributed by atoms with van der Waals surface area (Å²) in [6.07, 6.45) is 10.7. The van der Waals surface area contributed by atoms with Gasteiger partial charge in [0.25, 0.3) is 0 Å². The molecule has 3 heteroatoms. The Morgan fingerprint density at radius 1 is 1.33 bits per heavy atom. The van der Waals surface area contributed by atoms with E-state index in [0.717, 1.165) is 0 Å². The van der Waals surface area contributed by atoms with E-state index in [9.17, 15) is 0 Å². The van der Waals surface area contributed by atoms with E-state index in [2.05, 4.69) is 16.5 Å². The molecule has 0 atom stereocenters. The minimum absolute atomic E-state index is 1.69. The summed E-state index contributed by atoms with van der Waals surface area (Å²) in [5, 5.41) is 0. The van der Waals surface area contributed by atoms with Gasteiger partial charge in [-0.05, 0) is 12.1 Å². The van der Waals surface area contributed by atoms with Crippen LogP contribution in [0.2, 0.25) is 0 Å². The Bertz CT molecular complexity index is 264. The average molecular weight is 161 g/mol. The number of nitrogens with zero attached hydrogens (tertiary/aromatic N) is 2. The zero-order valence-electron chi connectivity index (χ0n) is 6.72. The standard InChI is InChI=1S/C5H6N2.C4H5N/c1-2-7-4-3-6-5-7;1-2-4-5-3-1/h2-5H,1H2;1-5H. The molecule has 3 nitrogen and oxygen atoms in total. The number of hydrogen-bond acceptors (Lipinski definition) is 1. The molecule has 1 N–H and O–H groups in total. The van der Waals surface area contributed by atoms with Gasteiger partial charge in [-0.25, -0.2) is 4.98 Å². The lowest BCUT2D eigenvalue weighted by atomic mass is 10.7. The lowest BCUT2D eigenvalue weighted by Crippen LogP contribution is -1.73. The van der Waals surface area contributed by atoms with Gasteiger partial charge in [-0.1, -0.05) is 6.58 Å². The minimum Gasteiger partial charge on any atom is -0.368 e. The highest BCUT2D eigenvalue weighted by atomic mass is 15.0. The number of imidazole rings is 1. The fourth-order valence-corrected chi connectivity index (χ4v) is 0.655. The van der Waals surface area contributed by atoms with Gasteiger partial charge >= 0.3 is 0 Å². The molecule has 2 aromatic heterocycles. The van der Waals surface area contributed by atoms with E-state index in [1.54, 1.807) is 23.3 Å². The van der Waals surface area contributed by atoms with E-state index in [0.29, 0.717) is 0 Å². The lowest BCUT2D eigenvalue weighted by molar-refractivity contribution is 1.14. The molecule has 2 heterocycles. The van der Waals surface area contributed by atoms with Gasteiger partial charge < -0.3 is 9.55 Å². The van der Waals surface area contributed by atoms with Crippen LogP contribution in [0.5, 0.6) is 0 Å². The molecule has 0 radical (unpaired) electrons. The van der Waals surface area contributed by atoms with Crippen molar-refractivity contribution in [1.29, 1.82) is 0 Å². The number of aromatic amines is 1. The molecule has 0 amide bonds. The van der Waals surface area contributed by atoms with Crippen molar-refractivity contribution in [2.24, 2.45) is 0 Å². The minimum atomic E-state index is 1.69. The van der Waals surface area contributed by atoms with Crippen molar-refractivity contribution in [3.63, 3.8) is 0 Å². The van der Waals surface area contributed by atoms with Crippen molar-refractivity contribution in [1.82, 2.24) is 14.5 Å². The Balaban J connectivity index is 0.000000127. The van der Waals surface area contributed by atoms with Crippen LogP contribution in [0, 0.1) is 0 Å². The first-order valence-electron chi connectivity index (χ1n) is 3.61. The van der Waals surface area contributed by atoms with Gasteiger partial charge in [0.2, 0.25) is 0 Å². The maximum absolute atomic E-state index is 3.78. The molecule has 0 aliphatic rings. The van der Waals surface area contributed by atoms with Crippen molar-refractivity contribution < 1.29 is 0 Å². The second kappa shape index (κ2) is 4.96. The number of hydrogen-bond donors (Lipinski definition) is 1. The summed E-state index contributed by atoms with van der Waals surface area (Å²) in [6, 6.07) is 3.89. The van der Waals surface area contributed by atoms with Crippen LogP contribution in [0.4, 0.5) is 0 Å². The van der Waals surface area contributed by atoms with Crippen LogP contribution in [0.25, 0.3) is 6.20 Å². The first-order chi connectivity index (χ1) is 5.93. The van der Waals surface area contributed by atoms with Crippen LogP contribution < -0.4 is 0 Å². The summed E-state index contributed by atoms with van der Waals surface area (Å²) in [5.41, 5.74) is 0. The molecule has 2 rings (SSSR count). The van der Waals surface area contributed by atoms with E-state index >= 15 is 0 Å². The van der Waals surface area contributed by atoms with E-state index < -0.39 is 0 Å². The topological polar surface area (TPSA) is 33.6 Å². The fraction of sp³-hybridized carbons (Fsp3) is 0. The number of rotatable bonds is 1. The summed E-state index contributed by atoms with van der Waals surface area (Å²) >= 11 is 0. The van der Waals surface area contributed by atoms with Gasteiger partial charge in [0, 0.05) is 31.0 Å². The number of H-pyrrole nitrogens is 1. The average Bonchev–Trinajstić information content (AvgIpc) is 2.81. The molecule has 0 spiro atoms. The van der Waals surface area contributed by atoms with Crippen LogP contribution in [-0.2, 0) is 0 Å². The Labute approximate surface area is 71.4 Å². The van der Waals surface area contributed by atoms with E-state index in [1.165, 1.54) is 0 Å². The molecule has 0 aliphatic heterocycles. The number of nitrogens with one attached hydrogen (secondary N) is 1. The molecule has 0 saturated carbocycles. The molecule has 2 aromatic rings. The fourth-order valence-electron chi connectivity index (χ4n) is 0.655. The maximum atomic E-state index is 3.78. The SMILES string of the molecule is C=Cn1ccnc1.c1cc[nH]c1. The molecule has 0 aliphatic carbocycles. The van der Waals surface area contributed by atoms with Crippen LogP contribution in [-0.4, -0.2) is 14.5 Å². The summed E-state index contributed by atoms with van der Waals surface area (Å²) in [4.78, 5) is 6.65. The summed E-state index contributed by atoms with van der Waals surface area (Å²) in [6.45, 7) is 3.53. The predicted octanol–water partition coefficient (Wildman–Crippen LogP) is 2.00. The molecular weight excluding hydrogens is 150 g/mol. The highest BCUT2D eigenvalue weighted by molar-refractivity contribution is 5.14. The third-order valence-electron chi connectivity index (χ3n) is 1.23. The quantitative estimate of drug-likeness (QED) is 0.681. The molecule has 0 fully saturated rings. The summed E-state index contributed by atoms with van der Waals surface area (Å²) in [5.74, 6) is 0. The second-order valence-corrected chi connectivity index (χ2v) is 2.08. The largest absolute Gasteiger partial charge is 0.368 e. The highest BCUT2D eigenvalue weighted by Crippen LogP contribution is 1.81.